The molecule has 0 saturated heterocycles. The highest BCUT2D eigenvalue weighted by atomic mass is 32.2. The zero-order valence-corrected chi connectivity index (χ0v) is 14.8. The minimum Gasteiger partial charge on any atom is -0.486 e. The number of para-hydroxylation sites is 1. The van der Waals surface area contributed by atoms with Gasteiger partial charge < -0.3 is 9.84 Å². The van der Waals surface area contributed by atoms with Crippen molar-refractivity contribution in [1.82, 2.24) is 4.72 Å². The minimum absolute atomic E-state index is 0.0514. The van der Waals surface area contributed by atoms with E-state index < -0.39 is 15.6 Å². The van der Waals surface area contributed by atoms with E-state index in [1.807, 2.05) is 26.2 Å². The zero-order chi connectivity index (χ0) is 16.4. The van der Waals surface area contributed by atoms with Crippen LogP contribution in [0.1, 0.15) is 25.8 Å². The van der Waals surface area contributed by atoms with Crippen molar-refractivity contribution < 1.29 is 18.3 Å². The van der Waals surface area contributed by atoms with E-state index in [0.717, 1.165) is 5.56 Å². The van der Waals surface area contributed by atoms with Gasteiger partial charge in [-0.05, 0) is 38.2 Å². The molecule has 5 nitrogen and oxygen atoms in total. The first-order valence-corrected chi connectivity index (χ1v) is 10.1. The Labute approximate surface area is 136 Å². The first-order valence-electron chi connectivity index (χ1n) is 7.22. The maximum absolute atomic E-state index is 12.7. The fraction of sp³-hybridized carbons (Fsp3) is 0.600. The Kier molecular flexibility index (Phi) is 5.42. The molecule has 7 heteroatoms. The van der Waals surface area contributed by atoms with Crippen LogP contribution < -0.4 is 9.46 Å². The van der Waals surface area contributed by atoms with Gasteiger partial charge in [0.1, 0.15) is 16.2 Å². The third-order valence-corrected chi connectivity index (χ3v) is 5.79. The van der Waals surface area contributed by atoms with Gasteiger partial charge in [0.2, 0.25) is 10.0 Å². The van der Waals surface area contributed by atoms with Crippen LogP contribution in [0.4, 0.5) is 0 Å². The summed E-state index contributed by atoms with van der Waals surface area (Å²) in [5.41, 5.74) is 0.522. The van der Waals surface area contributed by atoms with Gasteiger partial charge in [-0.2, -0.15) is 11.8 Å². The summed E-state index contributed by atoms with van der Waals surface area (Å²) >= 11 is 1.54. The standard InChI is InChI=1S/C15H23NO4S2/c1-15(2)9-11-5-4-6-13(14(11)20-15)22(18,19)16-12(7-8-17)10-21-3/h4-6,12,16-17H,7-10H2,1-3H3. The molecule has 0 aromatic heterocycles. The lowest BCUT2D eigenvalue weighted by Crippen LogP contribution is -2.37. The topological polar surface area (TPSA) is 75.6 Å². The predicted octanol–water partition coefficient (Wildman–Crippen LogP) is 1.79. The van der Waals surface area contributed by atoms with Crippen molar-refractivity contribution in [2.45, 2.75) is 43.2 Å². The highest BCUT2D eigenvalue weighted by Crippen LogP contribution is 2.39. The van der Waals surface area contributed by atoms with Gasteiger partial charge in [0, 0.05) is 24.8 Å². The number of thioether (sulfide) groups is 1. The van der Waals surface area contributed by atoms with E-state index in [0.29, 0.717) is 24.3 Å². The molecule has 0 spiro atoms. The Balaban J connectivity index is 2.30. The molecule has 0 amide bonds. The number of ether oxygens (including phenoxy) is 1. The van der Waals surface area contributed by atoms with Gasteiger partial charge in [-0.25, -0.2) is 13.1 Å². The van der Waals surface area contributed by atoms with Crippen LogP contribution in [-0.2, 0) is 16.4 Å². The van der Waals surface area contributed by atoms with E-state index in [1.165, 1.54) is 0 Å². The third-order valence-electron chi connectivity index (χ3n) is 3.51. The first-order chi connectivity index (χ1) is 10.3. The molecule has 0 aliphatic carbocycles. The van der Waals surface area contributed by atoms with E-state index in [2.05, 4.69) is 4.72 Å². The van der Waals surface area contributed by atoms with Crippen LogP contribution in [0.25, 0.3) is 0 Å². The second kappa shape index (κ2) is 6.78. The van der Waals surface area contributed by atoms with Gasteiger partial charge in [-0.1, -0.05) is 12.1 Å². The summed E-state index contributed by atoms with van der Waals surface area (Å²) < 4.78 is 33.9. The Morgan fingerprint density at radius 1 is 1.45 bits per heavy atom. The van der Waals surface area contributed by atoms with Crippen molar-refractivity contribution >= 4 is 21.8 Å². The Hall–Kier alpha value is -0.760. The van der Waals surface area contributed by atoms with Crippen LogP contribution in [0.2, 0.25) is 0 Å². The Morgan fingerprint density at radius 3 is 2.82 bits per heavy atom. The van der Waals surface area contributed by atoms with Gasteiger partial charge in [0.15, 0.2) is 0 Å². The van der Waals surface area contributed by atoms with Crippen molar-refractivity contribution in [3.8, 4) is 5.75 Å². The van der Waals surface area contributed by atoms with Gasteiger partial charge in [0.05, 0.1) is 0 Å². The average molecular weight is 345 g/mol. The van der Waals surface area contributed by atoms with Crippen molar-refractivity contribution in [2.75, 3.05) is 18.6 Å². The lowest BCUT2D eigenvalue weighted by molar-refractivity contribution is 0.135. The second-order valence-corrected chi connectivity index (χ2v) is 8.66. The predicted molar refractivity (Wildman–Crippen MR) is 89.0 cm³/mol. The van der Waals surface area contributed by atoms with Crippen LogP contribution in [0, 0.1) is 0 Å². The summed E-state index contributed by atoms with van der Waals surface area (Å²) in [6.45, 7) is 3.84. The molecule has 124 valence electrons. The van der Waals surface area contributed by atoms with E-state index in [4.69, 9.17) is 9.84 Å². The van der Waals surface area contributed by atoms with Crippen LogP contribution in [-0.4, -0.2) is 43.8 Å². The number of aliphatic hydroxyl groups excluding tert-OH is 1. The summed E-state index contributed by atoms with van der Waals surface area (Å²) in [5.74, 6) is 1.06. The lowest BCUT2D eigenvalue weighted by Gasteiger charge is -2.20. The lowest BCUT2D eigenvalue weighted by atomic mass is 10.0. The largest absolute Gasteiger partial charge is 0.486 e. The quantitative estimate of drug-likeness (QED) is 0.788. The normalized spacial score (nSPS) is 17.8. The second-order valence-electron chi connectivity index (χ2n) is 6.07. The fourth-order valence-corrected chi connectivity index (χ4v) is 4.81. The molecule has 1 aliphatic heterocycles. The maximum Gasteiger partial charge on any atom is 0.244 e. The van der Waals surface area contributed by atoms with Gasteiger partial charge in [-0.3, -0.25) is 0 Å². The molecule has 0 fully saturated rings. The number of rotatable bonds is 7. The highest BCUT2D eigenvalue weighted by molar-refractivity contribution is 7.98. The summed E-state index contributed by atoms with van der Waals surface area (Å²) in [6.07, 6.45) is 2.99. The monoisotopic (exact) mass is 345 g/mol. The molecule has 2 rings (SSSR count). The number of hydrogen-bond acceptors (Lipinski definition) is 5. The van der Waals surface area contributed by atoms with Gasteiger partial charge >= 0.3 is 0 Å². The van der Waals surface area contributed by atoms with Crippen molar-refractivity contribution in [1.29, 1.82) is 0 Å². The van der Waals surface area contributed by atoms with Crippen molar-refractivity contribution in [2.24, 2.45) is 0 Å². The smallest absolute Gasteiger partial charge is 0.244 e. The Morgan fingerprint density at radius 2 is 2.18 bits per heavy atom. The summed E-state index contributed by atoms with van der Waals surface area (Å²) in [7, 11) is -3.68. The number of hydrogen-bond donors (Lipinski definition) is 2. The molecule has 1 heterocycles. The molecule has 1 aliphatic rings. The molecule has 2 N–H and O–H groups in total. The van der Waals surface area contributed by atoms with Crippen LogP contribution in [0.5, 0.6) is 5.75 Å². The number of aliphatic hydroxyl groups is 1. The number of sulfonamides is 1. The van der Waals surface area contributed by atoms with E-state index in [1.54, 1.807) is 23.9 Å². The van der Waals surface area contributed by atoms with Gasteiger partial charge in [0.25, 0.3) is 0 Å². The minimum atomic E-state index is -3.68. The van der Waals surface area contributed by atoms with Crippen molar-refractivity contribution in [3.05, 3.63) is 23.8 Å². The molecular weight excluding hydrogens is 322 g/mol. The third kappa shape index (κ3) is 3.95. The molecule has 1 aromatic carbocycles. The summed E-state index contributed by atoms with van der Waals surface area (Å²) in [6, 6.07) is 4.91. The van der Waals surface area contributed by atoms with Crippen molar-refractivity contribution in [3.63, 3.8) is 0 Å². The first kappa shape index (κ1) is 17.6. The average Bonchev–Trinajstić information content (AvgIpc) is 2.72. The maximum atomic E-state index is 12.7. The molecule has 0 saturated carbocycles. The molecule has 0 bridgehead atoms. The summed E-state index contributed by atoms with van der Waals surface area (Å²) in [5, 5.41) is 9.09. The molecule has 0 radical (unpaired) electrons. The van der Waals surface area contributed by atoms with Crippen LogP contribution in [0.15, 0.2) is 23.1 Å². The Bertz CT molecular complexity index is 622. The summed E-state index contributed by atoms with van der Waals surface area (Å²) in [4.78, 5) is 0.180. The van der Waals surface area contributed by atoms with E-state index in [9.17, 15) is 8.42 Å². The number of nitrogens with one attached hydrogen (secondary N) is 1. The molecule has 22 heavy (non-hydrogen) atoms. The number of fused-ring (bicyclic) bond motifs is 1. The highest BCUT2D eigenvalue weighted by Gasteiger charge is 2.35. The van der Waals surface area contributed by atoms with Crippen LogP contribution >= 0.6 is 11.8 Å². The zero-order valence-electron chi connectivity index (χ0n) is 13.1. The molecular formula is C15H23NO4S2. The fourth-order valence-electron chi connectivity index (χ4n) is 2.62. The molecule has 1 atom stereocenters. The molecule has 1 aromatic rings. The molecule has 1 unspecified atom stereocenters. The SMILES string of the molecule is CSCC(CCO)NS(=O)(=O)c1cccc2c1OC(C)(C)C2. The van der Waals surface area contributed by atoms with E-state index >= 15 is 0 Å². The number of benzene rings is 1. The van der Waals surface area contributed by atoms with E-state index in [-0.39, 0.29) is 17.5 Å². The van der Waals surface area contributed by atoms with Crippen LogP contribution in [0.3, 0.4) is 0 Å². The van der Waals surface area contributed by atoms with Gasteiger partial charge in [-0.15, -0.1) is 0 Å².